The second kappa shape index (κ2) is 11.4. The van der Waals surface area contributed by atoms with Crippen molar-refractivity contribution in [3.05, 3.63) is 101 Å². The highest BCUT2D eigenvalue weighted by Gasteiger charge is 2.17. The van der Waals surface area contributed by atoms with Crippen molar-refractivity contribution >= 4 is 28.8 Å². The zero-order valence-electron chi connectivity index (χ0n) is 21.1. The average molecular weight is 528 g/mol. The lowest BCUT2D eigenvalue weighted by atomic mass is 10.0. The highest BCUT2D eigenvalue weighted by Crippen LogP contribution is 2.34. The van der Waals surface area contributed by atoms with E-state index in [0.29, 0.717) is 24.0 Å². The summed E-state index contributed by atoms with van der Waals surface area (Å²) in [5, 5.41) is 18.1. The number of aromatic nitrogens is 5. The van der Waals surface area contributed by atoms with E-state index in [1.54, 1.807) is 12.1 Å². The van der Waals surface area contributed by atoms with Gasteiger partial charge in [-0.3, -0.25) is 0 Å². The topological polar surface area (TPSA) is 82.6 Å². The van der Waals surface area contributed by atoms with Crippen LogP contribution in [-0.2, 0) is 6.54 Å². The number of halogens is 2. The van der Waals surface area contributed by atoms with E-state index in [9.17, 15) is 4.39 Å². The van der Waals surface area contributed by atoms with Gasteiger partial charge in [0.2, 0.25) is 5.82 Å². The Morgan fingerprint density at radius 2 is 1.68 bits per heavy atom. The van der Waals surface area contributed by atoms with Crippen LogP contribution < -0.4 is 10.2 Å². The van der Waals surface area contributed by atoms with Crippen LogP contribution in [0.15, 0.2) is 84.9 Å². The zero-order chi connectivity index (χ0) is 26.5. The Morgan fingerprint density at radius 1 is 0.921 bits per heavy atom. The minimum Gasteiger partial charge on any atom is -0.355 e. The molecule has 2 N–H and O–H groups in total. The van der Waals surface area contributed by atoms with Gasteiger partial charge in [-0.15, -0.1) is 10.2 Å². The lowest BCUT2D eigenvalue weighted by Gasteiger charge is -2.27. The molecule has 0 saturated carbocycles. The summed E-state index contributed by atoms with van der Waals surface area (Å²) in [6, 6.07) is 26.7. The fourth-order valence-electron chi connectivity index (χ4n) is 4.29. The molecule has 0 fully saturated rings. The highest BCUT2D eigenvalue weighted by molar-refractivity contribution is 6.31. The van der Waals surface area contributed by atoms with Crippen LogP contribution in [0.25, 0.3) is 22.6 Å². The number of aromatic amines is 1. The summed E-state index contributed by atoms with van der Waals surface area (Å²) < 4.78 is 13.8. The molecule has 0 atom stereocenters. The molecule has 7 nitrogen and oxygen atoms in total. The molecule has 2 aromatic heterocycles. The molecule has 5 aromatic rings. The quantitative estimate of drug-likeness (QED) is 0.212. The number of hydrogen-bond acceptors (Lipinski definition) is 6. The summed E-state index contributed by atoms with van der Waals surface area (Å²) in [6.07, 6.45) is 0. The largest absolute Gasteiger partial charge is 0.355 e. The van der Waals surface area contributed by atoms with Crippen LogP contribution in [0.3, 0.4) is 0 Å². The lowest BCUT2D eigenvalue weighted by molar-refractivity contribution is 0.605. The second-order valence-electron chi connectivity index (χ2n) is 9.39. The molecule has 0 spiro atoms. The van der Waals surface area contributed by atoms with Crippen LogP contribution in [0.5, 0.6) is 0 Å². The van der Waals surface area contributed by atoms with E-state index in [1.165, 1.54) is 11.6 Å². The van der Waals surface area contributed by atoms with E-state index < -0.39 is 5.82 Å². The minimum atomic E-state index is -0.465. The summed E-state index contributed by atoms with van der Waals surface area (Å²) in [5.41, 5.74) is 5.05. The third-order valence-corrected chi connectivity index (χ3v) is 6.22. The van der Waals surface area contributed by atoms with Gasteiger partial charge in [-0.05, 0) is 41.0 Å². The number of benzene rings is 3. The normalized spacial score (nSPS) is 11.1. The molecule has 0 unspecified atom stereocenters. The van der Waals surface area contributed by atoms with E-state index in [1.807, 2.05) is 54.6 Å². The number of nitrogens with one attached hydrogen (secondary N) is 2. The van der Waals surface area contributed by atoms with Crippen LogP contribution in [0.1, 0.15) is 19.4 Å². The number of tetrazole rings is 1. The summed E-state index contributed by atoms with van der Waals surface area (Å²) in [7, 11) is 0. The van der Waals surface area contributed by atoms with Crippen molar-refractivity contribution in [3.63, 3.8) is 0 Å². The van der Waals surface area contributed by atoms with E-state index in [-0.39, 0.29) is 5.02 Å². The summed E-state index contributed by atoms with van der Waals surface area (Å²) in [4.78, 5) is 7.38. The van der Waals surface area contributed by atoms with E-state index in [4.69, 9.17) is 16.6 Å². The van der Waals surface area contributed by atoms with Gasteiger partial charge in [0, 0.05) is 41.7 Å². The van der Waals surface area contributed by atoms with Gasteiger partial charge in [0.1, 0.15) is 11.6 Å². The van der Waals surface area contributed by atoms with Crippen molar-refractivity contribution in [2.24, 2.45) is 5.92 Å². The Balaban J connectivity index is 1.62. The van der Waals surface area contributed by atoms with Gasteiger partial charge in [0.25, 0.3) is 0 Å². The molecule has 0 radical (unpaired) electrons. The van der Waals surface area contributed by atoms with Crippen molar-refractivity contribution < 1.29 is 4.39 Å². The van der Waals surface area contributed by atoms with E-state index in [2.05, 4.69) is 56.8 Å². The number of pyridine rings is 1. The molecule has 0 aliphatic carbocycles. The van der Waals surface area contributed by atoms with Crippen molar-refractivity contribution in [2.75, 3.05) is 16.8 Å². The first-order chi connectivity index (χ1) is 18.5. The fraction of sp³-hybridized carbons (Fsp3) is 0.172. The van der Waals surface area contributed by atoms with Crippen LogP contribution >= 0.6 is 11.6 Å². The predicted octanol–water partition coefficient (Wildman–Crippen LogP) is 7.13. The molecule has 0 saturated heterocycles. The molecule has 0 bridgehead atoms. The molecule has 0 aliphatic heterocycles. The second-order valence-corrected chi connectivity index (χ2v) is 9.80. The number of anilines is 3. The molecule has 192 valence electrons. The van der Waals surface area contributed by atoms with Gasteiger partial charge >= 0.3 is 0 Å². The van der Waals surface area contributed by atoms with Crippen LogP contribution in [0, 0.1) is 11.7 Å². The first kappa shape index (κ1) is 25.4. The number of hydrogen-bond donors (Lipinski definition) is 2. The van der Waals surface area contributed by atoms with Crippen molar-refractivity contribution in [1.82, 2.24) is 25.6 Å². The van der Waals surface area contributed by atoms with E-state index in [0.717, 1.165) is 34.9 Å². The summed E-state index contributed by atoms with van der Waals surface area (Å²) in [5.74, 6) is 1.23. The lowest BCUT2D eigenvalue weighted by Crippen LogP contribution is -2.28. The van der Waals surface area contributed by atoms with Gasteiger partial charge in [-0.1, -0.05) is 80.0 Å². The standard InChI is InChI=1S/C29H27ClFN7/c1-19(2)17-38(18-20-8-4-3-5-9-20)28-16-22(32-21-12-13-26(31)25(30)14-21)15-27(33-28)23-10-6-7-11-24(23)29-34-36-37-35-29/h3-16,19H,17-18H2,1-2H3,(H,32,33)(H,34,35,36,37). The summed E-state index contributed by atoms with van der Waals surface area (Å²) in [6.45, 7) is 5.88. The van der Waals surface area contributed by atoms with Gasteiger partial charge in [0.05, 0.1) is 10.7 Å². The van der Waals surface area contributed by atoms with Crippen LogP contribution in [-0.4, -0.2) is 32.2 Å². The third kappa shape index (κ3) is 5.98. The number of rotatable bonds is 9. The zero-order valence-corrected chi connectivity index (χ0v) is 21.8. The minimum absolute atomic E-state index is 0.0532. The predicted molar refractivity (Wildman–Crippen MR) is 150 cm³/mol. The van der Waals surface area contributed by atoms with Gasteiger partial charge in [-0.25, -0.2) is 9.37 Å². The summed E-state index contributed by atoms with van der Waals surface area (Å²) >= 11 is 6.06. The Morgan fingerprint density at radius 3 is 2.39 bits per heavy atom. The van der Waals surface area contributed by atoms with Crippen molar-refractivity contribution in [3.8, 4) is 22.6 Å². The first-order valence-electron chi connectivity index (χ1n) is 12.3. The highest BCUT2D eigenvalue weighted by atomic mass is 35.5. The fourth-order valence-corrected chi connectivity index (χ4v) is 4.47. The van der Waals surface area contributed by atoms with Gasteiger partial charge < -0.3 is 10.2 Å². The maximum atomic E-state index is 13.8. The SMILES string of the molecule is CC(C)CN(Cc1ccccc1)c1cc(Nc2ccc(F)c(Cl)c2)cc(-c2ccccc2-c2nn[nH]n2)n1. The maximum absolute atomic E-state index is 13.8. The van der Waals surface area contributed by atoms with Crippen LogP contribution in [0.4, 0.5) is 21.6 Å². The number of nitrogens with zero attached hydrogens (tertiary/aromatic N) is 5. The first-order valence-corrected chi connectivity index (χ1v) is 12.7. The molecule has 3 aromatic carbocycles. The Hall–Kier alpha value is -4.30. The molecule has 38 heavy (non-hydrogen) atoms. The molecule has 2 heterocycles. The monoisotopic (exact) mass is 527 g/mol. The molecule has 5 rings (SSSR count). The van der Waals surface area contributed by atoms with E-state index >= 15 is 0 Å². The number of H-pyrrole nitrogens is 1. The molecular formula is C29H27ClFN7. The van der Waals surface area contributed by atoms with Crippen molar-refractivity contribution in [2.45, 2.75) is 20.4 Å². The van der Waals surface area contributed by atoms with Gasteiger partial charge in [-0.2, -0.15) is 5.21 Å². The van der Waals surface area contributed by atoms with Crippen LogP contribution in [0.2, 0.25) is 5.02 Å². The maximum Gasteiger partial charge on any atom is 0.205 e. The van der Waals surface area contributed by atoms with Crippen molar-refractivity contribution in [1.29, 1.82) is 0 Å². The third-order valence-electron chi connectivity index (χ3n) is 5.94. The average Bonchev–Trinajstić information content (AvgIpc) is 3.46. The molecule has 9 heteroatoms. The molecule has 0 aliphatic rings. The Bertz CT molecular complexity index is 1510. The molecule has 0 amide bonds. The van der Waals surface area contributed by atoms with Gasteiger partial charge in [0.15, 0.2) is 0 Å². The Kier molecular flexibility index (Phi) is 7.60. The molecular weight excluding hydrogens is 501 g/mol. The smallest absolute Gasteiger partial charge is 0.205 e. The Labute approximate surface area is 225 Å².